The summed E-state index contributed by atoms with van der Waals surface area (Å²) < 4.78 is 0. The lowest BCUT2D eigenvalue weighted by atomic mass is 9.96. The second-order valence-corrected chi connectivity index (χ2v) is 17.9. The number of nitrogens with zero attached hydrogens (tertiary/aromatic N) is 1. The van der Waals surface area contributed by atoms with Gasteiger partial charge in [-0.2, -0.15) is 0 Å². The van der Waals surface area contributed by atoms with E-state index >= 15 is 0 Å². The van der Waals surface area contributed by atoms with Crippen molar-refractivity contribution in [1.29, 1.82) is 0 Å². The monoisotopic (exact) mass is 985 g/mol. The van der Waals surface area contributed by atoms with Crippen LogP contribution in [0.25, 0.3) is 0 Å². The molecule has 2 aliphatic rings. The zero-order valence-electron chi connectivity index (χ0n) is 39.9. The highest BCUT2D eigenvalue weighted by Crippen LogP contribution is 2.20. The number of rotatable bonds is 18. The Morgan fingerprint density at radius 2 is 1.39 bits per heavy atom. The molecule has 2 aliphatic heterocycles. The summed E-state index contributed by atoms with van der Waals surface area (Å²) in [7, 11) is 0. The topological polar surface area (TPSA) is 403 Å². The Kier molecular flexibility index (Phi) is 22.5. The fourth-order valence-electron chi connectivity index (χ4n) is 7.64. The summed E-state index contributed by atoms with van der Waals surface area (Å²) in [4.78, 5) is 161. The van der Waals surface area contributed by atoms with Crippen molar-refractivity contribution in [3.8, 4) is 5.75 Å². The molecule has 1 aromatic rings. The zero-order chi connectivity index (χ0) is 52.2. The molecule has 0 aliphatic carbocycles. The van der Waals surface area contributed by atoms with E-state index in [9.17, 15) is 62.6 Å². The number of benzene rings is 1. The normalized spacial score (nSPS) is 23.0. The maximum atomic E-state index is 14.5. The highest BCUT2D eigenvalue weighted by Gasteiger charge is 2.41. The summed E-state index contributed by atoms with van der Waals surface area (Å²) in [5, 5.41) is 29.8. The Hall–Kier alpha value is -7.34. The van der Waals surface area contributed by atoms with Crippen molar-refractivity contribution in [2.45, 2.75) is 141 Å². The molecule has 0 saturated carbocycles. The minimum Gasteiger partial charge on any atom is -0.508 e. The highest BCUT2D eigenvalue weighted by atomic mass is 16.3. The molecular weight excluding hydrogens is 917 g/mol. The number of hydrogen-bond donors (Lipinski definition) is 12. The molecule has 2 heterocycles. The molecule has 0 bridgehead atoms. The van der Waals surface area contributed by atoms with Gasteiger partial charge in [-0.05, 0) is 61.6 Å². The molecule has 25 nitrogen and oxygen atoms in total. The lowest BCUT2D eigenvalue weighted by molar-refractivity contribution is -0.143. The van der Waals surface area contributed by atoms with Gasteiger partial charge < -0.3 is 69.7 Å². The number of carbonyl (C=O) groups excluding carboxylic acids is 12. The number of hydrogen-bond acceptors (Lipinski definition) is 13. The first-order chi connectivity index (χ1) is 33.0. The van der Waals surface area contributed by atoms with E-state index in [1.807, 2.05) is 13.8 Å². The van der Waals surface area contributed by atoms with Gasteiger partial charge in [0, 0.05) is 38.8 Å². The number of phenolic OH excluding ortho intramolecular Hbond substituents is 1. The number of amides is 12. The summed E-state index contributed by atoms with van der Waals surface area (Å²) >= 11 is 0. The first-order valence-corrected chi connectivity index (χ1v) is 23.3. The summed E-state index contributed by atoms with van der Waals surface area (Å²) in [5.74, 6) is -11.2. The highest BCUT2D eigenvalue weighted by molar-refractivity contribution is 5.99. The lowest BCUT2D eigenvalue weighted by Crippen LogP contribution is -2.62. The smallest absolute Gasteiger partial charge is 0.247 e. The van der Waals surface area contributed by atoms with Crippen LogP contribution >= 0.6 is 0 Å². The summed E-state index contributed by atoms with van der Waals surface area (Å²) in [6, 6.07) is -4.41. The Labute approximate surface area is 405 Å². The molecule has 25 heteroatoms. The van der Waals surface area contributed by atoms with Gasteiger partial charge >= 0.3 is 0 Å². The van der Waals surface area contributed by atoms with Gasteiger partial charge in [0.25, 0.3) is 0 Å². The van der Waals surface area contributed by atoms with Crippen LogP contribution in [0, 0.1) is 11.8 Å². The van der Waals surface area contributed by atoms with Gasteiger partial charge in [-0.25, -0.2) is 0 Å². The van der Waals surface area contributed by atoms with E-state index in [4.69, 9.17) is 17.2 Å². The second kappa shape index (κ2) is 27.6. The molecule has 15 N–H and O–H groups in total. The third-order valence-electron chi connectivity index (χ3n) is 11.8. The molecule has 3 unspecified atom stereocenters. The number of aromatic hydroxyl groups is 1. The molecule has 0 aromatic heterocycles. The van der Waals surface area contributed by atoms with E-state index in [0.717, 1.165) is 4.90 Å². The largest absolute Gasteiger partial charge is 0.508 e. The minimum absolute atomic E-state index is 0.0266. The predicted octanol–water partition coefficient (Wildman–Crippen LogP) is -4.03. The van der Waals surface area contributed by atoms with E-state index in [0.29, 0.717) is 24.8 Å². The van der Waals surface area contributed by atoms with Crippen molar-refractivity contribution >= 4 is 70.9 Å². The summed E-state index contributed by atoms with van der Waals surface area (Å²) in [6.45, 7) is 5.99. The van der Waals surface area contributed by atoms with Crippen molar-refractivity contribution in [2.75, 3.05) is 19.6 Å². The molecule has 0 spiro atoms. The third kappa shape index (κ3) is 18.6. The van der Waals surface area contributed by atoms with Crippen molar-refractivity contribution in [2.24, 2.45) is 29.0 Å². The maximum absolute atomic E-state index is 14.5. The van der Waals surface area contributed by atoms with E-state index < -0.39 is 164 Å². The van der Waals surface area contributed by atoms with Gasteiger partial charge in [0.15, 0.2) is 0 Å². The fraction of sp³-hybridized carbons (Fsp3) is 0.600. The Balaban J connectivity index is 2.05. The fourth-order valence-corrected chi connectivity index (χ4v) is 7.64. The third-order valence-corrected chi connectivity index (χ3v) is 11.8. The Morgan fingerprint density at radius 1 is 0.757 bits per heavy atom. The first kappa shape index (κ1) is 57.0. The average Bonchev–Trinajstić information content (AvgIpc) is 3.80. The molecule has 2 fully saturated rings. The quantitative estimate of drug-likeness (QED) is 0.0668. The van der Waals surface area contributed by atoms with E-state index in [1.54, 1.807) is 13.8 Å². The van der Waals surface area contributed by atoms with Crippen LogP contribution < -0.4 is 59.7 Å². The van der Waals surface area contributed by atoms with Crippen LogP contribution in [0.5, 0.6) is 5.75 Å². The Morgan fingerprint density at radius 3 is 2.00 bits per heavy atom. The van der Waals surface area contributed by atoms with E-state index in [-0.39, 0.29) is 37.5 Å². The predicted molar refractivity (Wildman–Crippen MR) is 248 cm³/mol. The van der Waals surface area contributed by atoms with Crippen LogP contribution in [-0.2, 0) is 64.0 Å². The molecule has 386 valence electrons. The van der Waals surface area contributed by atoms with Crippen molar-refractivity contribution in [1.82, 2.24) is 47.4 Å². The average molecular weight is 985 g/mol. The van der Waals surface area contributed by atoms with Crippen molar-refractivity contribution < 1.29 is 62.6 Å². The van der Waals surface area contributed by atoms with Crippen LogP contribution in [0.1, 0.15) is 97.5 Å². The van der Waals surface area contributed by atoms with Gasteiger partial charge in [-0.1, -0.05) is 46.2 Å². The van der Waals surface area contributed by atoms with Crippen molar-refractivity contribution in [3.63, 3.8) is 0 Å². The summed E-state index contributed by atoms with van der Waals surface area (Å²) in [5.41, 5.74) is 16.6. The van der Waals surface area contributed by atoms with Gasteiger partial charge in [0.05, 0.1) is 13.0 Å². The Bertz CT molecular complexity index is 2100. The van der Waals surface area contributed by atoms with Crippen LogP contribution in [0.15, 0.2) is 24.3 Å². The maximum Gasteiger partial charge on any atom is 0.247 e. The number of phenols is 1. The molecule has 0 radical (unpaired) electrons. The molecule has 12 amide bonds. The van der Waals surface area contributed by atoms with E-state index in [1.165, 1.54) is 24.3 Å². The van der Waals surface area contributed by atoms with Crippen molar-refractivity contribution in [3.05, 3.63) is 29.8 Å². The zero-order valence-corrected chi connectivity index (χ0v) is 39.9. The van der Waals surface area contributed by atoms with E-state index in [2.05, 4.69) is 42.5 Å². The molecule has 70 heavy (non-hydrogen) atoms. The van der Waals surface area contributed by atoms with Gasteiger partial charge in [-0.15, -0.1) is 0 Å². The number of nitrogens with two attached hydrogens (primary N) is 3. The SMILES string of the molecule is CCC(C)C1NC(=O)[C@H](Cc2ccc(O)cc2)NC(=O)CCC(=O)NC[C@@H](C(=O)N2CCCC2C(=O)N[C@@H](CCC(C)C)C(=O)NCC(N)=O)NC(=O)[C@H](CC(N)=O)NC(=O)[C@H](CCC(N)=O)NC1=O. The molecular formula is C45H68N12O13. The molecule has 1 aromatic carbocycles. The van der Waals surface area contributed by atoms with Crippen LogP contribution in [0.4, 0.5) is 0 Å². The van der Waals surface area contributed by atoms with Crippen LogP contribution in [0.3, 0.4) is 0 Å². The number of likely N-dealkylation sites (tertiary alicyclic amines) is 1. The molecule has 3 rings (SSSR count). The molecule has 2 saturated heterocycles. The lowest BCUT2D eigenvalue weighted by Gasteiger charge is -2.31. The standard InChI is InChI=1S/C45H68N12O13/c1-5-24(4)38-44(69)53-28(14-15-33(46)59)40(65)54-30(20-34(47)60)41(66)55-31(21-49-36(62)16-17-37(63)51-29(42(67)56-38)19-25-9-11-26(58)12-10-25)45(70)57-18-6-7-32(57)43(68)52-27(13-8-23(2)3)39(64)50-22-35(48)61/h9-12,23-24,27-32,38,58H,5-8,13-22H2,1-4H3,(H2,46,59)(H2,47,60)(H2,48,61)(H,49,62)(H,50,64)(H,51,63)(H,52,68)(H,53,69)(H,54,65)(H,55,66)(H,56,67)/t24?,27-,28-,29-,30-,31-,32?,38?/m0/s1. The number of carbonyl (C=O) groups is 12. The van der Waals surface area contributed by atoms with Crippen LogP contribution in [0.2, 0.25) is 0 Å². The second-order valence-electron chi connectivity index (χ2n) is 17.9. The summed E-state index contributed by atoms with van der Waals surface area (Å²) in [6.07, 6.45) is -1.46. The van der Waals surface area contributed by atoms with Crippen LogP contribution in [-0.4, -0.2) is 143 Å². The number of nitrogens with one attached hydrogen (secondary N) is 8. The van der Waals surface area contributed by atoms with Gasteiger partial charge in [0.1, 0.15) is 48.0 Å². The number of primary amides is 3. The first-order valence-electron chi connectivity index (χ1n) is 23.3. The molecule has 8 atom stereocenters. The van der Waals surface area contributed by atoms with Gasteiger partial charge in [-0.3, -0.25) is 57.5 Å². The van der Waals surface area contributed by atoms with Gasteiger partial charge in [0.2, 0.25) is 70.9 Å². The minimum atomic E-state index is -1.83.